The lowest BCUT2D eigenvalue weighted by Gasteiger charge is -2.19. The number of amidine groups is 1. The molecule has 6 heteroatoms. The van der Waals surface area contributed by atoms with Crippen molar-refractivity contribution in [3.63, 3.8) is 0 Å². The maximum absolute atomic E-state index is 11.6. The molecule has 3 rings (SSSR count). The predicted molar refractivity (Wildman–Crippen MR) is 114 cm³/mol. The van der Waals surface area contributed by atoms with Crippen LogP contribution in [0, 0.1) is 5.41 Å². The monoisotopic (exact) mass is 396 g/mol. The zero-order chi connectivity index (χ0) is 20.1. The average molecular weight is 397 g/mol. The van der Waals surface area contributed by atoms with Gasteiger partial charge in [-0.05, 0) is 58.6 Å². The van der Waals surface area contributed by atoms with Crippen molar-refractivity contribution in [2.75, 3.05) is 13.2 Å². The van der Waals surface area contributed by atoms with Crippen LogP contribution in [0.1, 0.15) is 31.9 Å². The van der Waals surface area contributed by atoms with Crippen LogP contribution in [0.5, 0.6) is 11.5 Å². The second-order valence-electron chi connectivity index (χ2n) is 7.43. The number of benzene rings is 2. The zero-order valence-corrected chi connectivity index (χ0v) is 17.1. The summed E-state index contributed by atoms with van der Waals surface area (Å²) in [4.78, 5) is 12.2. The molecule has 0 saturated carbocycles. The van der Waals surface area contributed by atoms with Crippen molar-refractivity contribution < 1.29 is 14.3 Å². The molecule has 2 aromatic rings. The number of hydrogen-bond donors (Lipinski definition) is 2. The molecule has 2 aromatic carbocycles. The average Bonchev–Trinajstić information content (AvgIpc) is 2.97. The summed E-state index contributed by atoms with van der Waals surface area (Å²) in [6.45, 7) is 7.46. The van der Waals surface area contributed by atoms with Crippen molar-refractivity contribution in [2.45, 2.75) is 26.2 Å². The number of amides is 1. The first kappa shape index (κ1) is 20.0. The number of thioether (sulfide) groups is 1. The molecule has 146 valence electrons. The van der Waals surface area contributed by atoms with Gasteiger partial charge in [-0.1, -0.05) is 45.0 Å². The van der Waals surface area contributed by atoms with Gasteiger partial charge in [-0.3, -0.25) is 10.2 Å². The standard InChI is InChI=1S/C22H24N2O3S/c1-22(2,3)16-6-10-18(11-7-16)27-13-12-26-17-8-4-15(5-9-17)14-19-20(25)24-21(23)28-19/h4-11,14H,12-13H2,1-3H3,(H2,23,24,25)/b19-14-. The van der Waals surface area contributed by atoms with E-state index in [9.17, 15) is 4.79 Å². The minimum absolute atomic E-state index is 0.131. The molecule has 0 aromatic heterocycles. The van der Waals surface area contributed by atoms with Crippen molar-refractivity contribution in [3.8, 4) is 11.5 Å². The quantitative estimate of drug-likeness (QED) is 0.554. The summed E-state index contributed by atoms with van der Waals surface area (Å²) in [5.74, 6) is 1.34. The summed E-state index contributed by atoms with van der Waals surface area (Å²) >= 11 is 1.13. The lowest BCUT2D eigenvalue weighted by Crippen LogP contribution is -2.18. The fourth-order valence-corrected chi connectivity index (χ4v) is 3.33. The number of rotatable bonds is 6. The van der Waals surface area contributed by atoms with Gasteiger partial charge in [0.05, 0.1) is 4.91 Å². The fraction of sp³-hybridized carbons (Fsp3) is 0.273. The zero-order valence-electron chi connectivity index (χ0n) is 16.2. The Labute approximate surface area is 169 Å². The van der Waals surface area contributed by atoms with E-state index in [1.165, 1.54) is 5.56 Å². The van der Waals surface area contributed by atoms with Gasteiger partial charge >= 0.3 is 0 Å². The highest BCUT2D eigenvalue weighted by Gasteiger charge is 2.22. The van der Waals surface area contributed by atoms with Crippen molar-refractivity contribution >= 4 is 28.9 Å². The van der Waals surface area contributed by atoms with Gasteiger partial charge in [-0.15, -0.1) is 0 Å². The van der Waals surface area contributed by atoms with Crippen LogP contribution < -0.4 is 14.8 Å². The molecular weight excluding hydrogens is 372 g/mol. The first-order chi connectivity index (χ1) is 13.3. The smallest absolute Gasteiger partial charge is 0.264 e. The highest BCUT2D eigenvalue weighted by Crippen LogP contribution is 2.26. The Hall–Kier alpha value is -2.73. The Balaban J connectivity index is 1.46. The van der Waals surface area contributed by atoms with E-state index in [2.05, 4.69) is 38.2 Å². The Morgan fingerprint density at radius 1 is 0.964 bits per heavy atom. The third kappa shape index (κ3) is 5.39. The number of carbonyl (C=O) groups excluding carboxylic acids is 1. The van der Waals surface area contributed by atoms with E-state index < -0.39 is 0 Å². The van der Waals surface area contributed by atoms with Crippen LogP contribution in [0.25, 0.3) is 6.08 Å². The van der Waals surface area contributed by atoms with Crippen LogP contribution in [0.2, 0.25) is 0 Å². The number of carbonyl (C=O) groups is 1. The van der Waals surface area contributed by atoms with E-state index in [4.69, 9.17) is 14.9 Å². The molecule has 28 heavy (non-hydrogen) atoms. The molecule has 0 spiro atoms. The van der Waals surface area contributed by atoms with Crippen molar-refractivity contribution in [3.05, 3.63) is 64.6 Å². The molecule has 0 unspecified atom stereocenters. The minimum Gasteiger partial charge on any atom is -0.490 e. The van der Waals surface area contributed by atoms with Crippen molar-refractivity contribution in [2.24, 2.45) is 0 Å². The molecule has 2 N–H and O–H groups in total. The first-order valence-electron chi connectivity index (χ1n) is 9.07. The Morgan fingerprint density at radius 3 is 1.96 bits per heavy atom. The van der Waals surface area contributed by atoms with E-state index >= 15 is 0 Å². The summed E-state index contributed by atoms with van der Waals surface area (Å²) in [5, 5.41) is 10.1. The summed E-state index contributed by atoms with van der Waals surface area (Å²) < 4.78 is 11.4. The van der Waals surface area contributed by atoms with Gasteiger partial charge < -0.3 is 14.8 Å². The molecule has 0 atom stereocenters. The van der Waals surface area contributed by atoms with E-state index in [-0.39, 0.29) is 16.5 Å². The second-order valence-corrected chi connectivity index (χ2v) is 8.49. The molecule has 0 aliphatic carbocycles. The Kier molecular flexibility index (Phi) is 6.09. The molecule has 0 radical (unpaired) electrons. The summed E-state index contributed by atoms with van der Waals surface area (Å²) in [6.07, 6.45) is 1.76. The normalized spacial score (nSPS) is 15.6. The number of nitrogens with one attached hydrogen (secondary N) is 2. The van der Waals surface area contributed by atoms with E-state index in [1.807, 2.05) is 36.4 Å². The topological polar surface area (TPSA) is 71.4 Å². The van der Waals surface area contributed by atoms with Crippen molar-refractivity contribution in [1.29, 1.82) is 5.41 Å². The molecule has 1 aliphatic rings. The SMILES string of the molecule is CC(C)(C)c1ccc(OCCOc2ccc(/C=C3\SC(=N)NC3=O)cc2)cc1. The van der Waals surface area contributed by atoms with Crippen LogP contribution in [0.15, 0.2) is 53.4 Å². The molecule has 1 amide bonds. The van der Waals surface area contributed by atoms with Gasteiger partial charge in [-0.25, -0.2) is 0 Å². The van der Waals surface area contributed by atoms with Gasteiger partial charge in [0.1, 0.15) is 24.7 Å². The fourth-order valence-electron chi connectivity index (χ4n) is 2.62. The minimum atomic E-state index is -0.233. The lowest BCUT2D eigenvalue weighted by molar-refractivity contribution is -0.115. The second kappa shape index (κ2) is 8.52. The molecule has 1 saturated heterocycles. The molecule has 1 aliphatic heterocycles. The van der Waals surface area contributed by atoms with Gasteiger partial charge in [0.15, 0.2) is 5.17 Å². The van der Waals surface area contributed by atoms with Gasteiger partial charge in [0, 0.05) is 0 Å². The van der Waals surface area contributed by atoms with E-state index in [0.717, 1.165) is 28.8 Å². The Morgan fingerprint density at radius 2 is 1.50 bits per heavy atom. The van der Waals surface area contributed by atoms with Crippen LogP contribution >= 0.6 is 11.8 Å². The van der Waals surface area contributed by atoms with Gasteiger partial charge in [-0.2, -0.15) is 0 Å². The maximum atomic E-state index is 11.6. The molecule has 5 nitrogen and oxygen atoms in total. The number of ether oxygens (including phenoxy) is 2. The van der Waals surface area contributed by atoms with Crippen LogP contribution in [0.3, 0.4) is 0 Å². The van der Waals surface area contributed by atoms with E-state index in [1.54, 1.807) is 6.08 Å². The maximum Gasteiger partial charge on any atom is 0.264 e. The first-order valence-corrected chi connectivity index (χ1v) is 9.88. The molecule has 1 heterocycles. The summed E-state index contributed by atoms with van der Waals surface area (Å²) in [5.41, 5.74) is 2.29. The molecular formula is C22H24N2O3S. The third-order valence-corrected chi connectivity index (χ3v) is 5.01. The summed E-state index contributed by atoms with van der Waals surface area (Å²) in [7, 11) is 0. The largest absolute Gasteiger partial charge is 0.490 e. The van der Waals surface area contributed by atoms with Gasteiger partial charge in [0.25, 0.3) is 5.91 Å². The summed E-state index contributed by atoms with van der Waals surface area (Å²) in [6, 6.07) is 15.6. The molecule has 0 bridgehead atoms. The van der Waals surface area contributed by atoms with Crippen LogP contribution in [-0.2, 0) is 10.2 Å². The highest BCUT2D eigenvalue weighted by atomic mass is 32.2. The van der Waals surface area contributed by atoms with Gasteiger partial charge in [0.2, 0.25) is 0 Å². The Bertz CT molecular complexity index is 881. The third-order valence-electron chi connectivity index (χ3n) is 4.18. The van der Waals surface area contributed by atoms with E-state index in [0.29, 0.717) is 18.1 Å². The van der Waals surface area contributed by atoms with Crippen molar-refractivity contribution in [1.82, 2.24) is 5.32 Å². The van der Waals surface area contributed by atoms with Crippen LogP contribution in [-0.4, -0.2) is 24.3 Å². The highest BCUT2D eigenvalue weighted by molar-refractivity contribution is 8.18. The number of hydrogen-bond acceptors (Lipinski definition) is 5. The lowest BCUT2D eigenvalue weighted by atomic mass is 9.87. The van der Waals surface area contributed by atoms with Crippen LogP contribution in [0.4, 0.5) is 0 Å². The predicted octanol–water partition coefficient (Wildman–Crippen LogP) is 4.58. The molecule has 1 fully saturated rings.